The van der Waals surface area contributed by atoms with E-state index in [1.54, 1.807) is 17.4 Å². The van der Waals surface area contributed by atoms with Gasteiger partial charge in [-0.3, -0.25) is 4.79 Å². The molecule has 1 aliphatic rings. The summed E-state index contributed by atoms with van der Waals surface area (Å²) < 4.78 is 0. The molecule has 1 amide bonds. The Labute approximate surface area is 117 Å². The summed E-state index contributed by atoms with van der Waals surface area (Å²) in [5, 5.41) is 12.9. The second-order valence-corrected chi connectivity index (χ2v) is 6.48. The lowest BCUT2D eigenvalue weighted by Crippen LogP contribution is -2.10. The van der Waals surface area contributed by atoms with E-state index < -0.39 is 0 Å². The van der Waals surface area contributed by atoms with Gasteiger partial charge in [-0.1, -0.05) is 12.5 Å². The molecule has 0 aliphatic heterocycles. The van der Waals surface area contributed by atoms with E-state index >= 15 is 0 Å². The maximum absolute atomic E-state index is 11.8. The van der Waals surface area contributed by atoms with E-state index in [9.17, 15) is 10.1 Å². The second kappa shape index (κ2) is 5.58. The molecule has 0 bridgehead atoms. The van der Waals surface area contributed by atoms with Gasteiger partial charge in [-0.15, -0.1) is 11.3 Å². The molecule has 0 unspecified atom stereocenters. The number of thiophene rings is 1. The Morgan fingerprint density at radius 1 is 1.53 bits per heavy atom. The molecule has 1 heterocycles. The number of hydrogen-bond donors (Lipinski definition) is 1. The van der Waals surface area contributed by atoms with Crippen LogP contribution in [-0.2, 0) is 17.6 Å². The first-order valence-electron chi connectivity index (χ1n) is 6.51. The highest BCUT2D eigenvalue weighted by Crippen LogP contribution is 2.39. The van der Waals surface area contributed by atoms with Crippen LogP contribution in [0.5, 0.6) is 0 Å². The quantitative estimate of drug-likeness (QED) is 0.837. The van der Waals surface area contributed by atoms with Gasteiger partial charge in [0.25, 0.3) is 0 Å². The lowest BCUT2D eigenvalue weighted by atomic mass is 9.89. The van der Waals surface area contributed by atoms with Crippen molar-refractivity contribution in [2.45, 2.75) is 40.0 Å². The molecule has 100 valence electrons. The van der Waals surface area contributed by atoms with E-state index in [0.717, 1.165) is 30.4 Å². The van der Waals surface area contributed by atoms with Gasteiger partial charge >= 0.3 is 0 Å². The van der Waals surface area contributed by atoms with E-state index in [2.05, 4.69) is 18.3 Å². The van der Waals surface area contributed by atoms with Crippen molar-refractivity contribution in [3.63, 3.8) is 0 Å². The smallest absolute Gasteiger partial charge is 0.248 e. The topological polar surface area (TPSA) is 52.9 Å². The molecule has 1 aromatic rings. The van der Waals surface area contributed by atoms with Gasteiger partial charge in [-0.05, 0) is 44.6 Å². The second-order valence-electron chi connectivity index (χ2n) is 5.38. The number of nitriles is 1. The van der Waals surface area contributed by atoms with Crippen molar-refractivity contribution in [2.75, 3.05) is 5.32 Å². The van der Waals surface area contributed by atoms with E-state index in [0.29, 0.717) is 16.5 Å². The average molecular weight is 274 g/mol. The molecular formula is C15H18N2OS. The Morgan fingerprint density at radius 3 is 2.89 bits per heavy atom. The lowest BCUT2D eigenvalue weighted by molar-refractivity contribution is -0.111. The van der Waals surface area contributed by atoms with Crippen LogP contribution in [0.4, 0.5) is 5.00 Å². The third-order valence-corrected chi connectivity index (χ3v) is 4.45. The highest BCUT2D eigenvalue weighted by molar-refractivity contribution is 7.16. The summed E-state index contributed by atoms with van der Waals surface area (Å²) in [6.07, 6.45) is 4.66. The molecule has 1 aromatic heterocycles. The number of rotatable bonds is 2. The van der Waals surface area contributed by atoms with Crippen LogP contribution >= 0.6 is 11.3 Å². The van der Waals surface area contributed by atoms with Gasteiger partial charge in [0.05, 0.1) is 5.56 Å². The van der Waals surface area contributed by atoms with E-state index in [1.807, 2.05) is 13.8 Å². The first kappa shape index (κ1) is 13.8. The largest absolute Gasteiger partial charge is 0.313 e. The minimum atomic E-state index is -0.150. The van der Waals surface area contributed by atoms with E-state index in [4.69, 9.17) is 0 Å². The predicted molar refractivity (Wildman–Crippen MR) is 78.3 cm³/mol. The molecule has 1 N–H and O–H groups in total. The third kappa shape index (κ3) is 3.05. The molecular weight excluding hydrogens is 256 g/mol. The molecule has 0 spiro atoms. The van der Waals surface area contributed by atoms with Crippen molar-refractivity contribution < 1.29 is 4.79 Å². The zero-order valence-electron chi connectivity index (χ0n) is 11.5. The average Bonchev–Trinajstić information content (AvgIpc) is 2.63. The van der Waals surface area contributed by atoms with Crippen LogP contribution in [0, 0.1) is 17.2 Å². The summed E-state index contributed by atoms with van der Waals surface area (Å²) in [4.78, 5) is 13.0. The summed E-state index contributed by atoms with van der Waals surface area (Å²) in [6.45, 7) is 5.99. The SMILES string of the molecule is CC(C)=CC(=O)Nc1sc2c(c1C#N)CC[C@@H](C)C2. The summed E-state index contributed by atoms with van der Waals surface area (Å²) in [6, 6.07) is 2.25. The lowest BCUT2D eigenvalue weighted by Gasteiger charge is -2.17. The number of anilines is 1. The number of allylic oxidation sites excluding steroid dienone is 1. The fourth-order valence-electron chi connectivity index (χ4n) is 2.37. The maximum Gasteiger partial charge on any atom is 0.248 e. The highest BCUT2D eigenvalue weighted by atomic mass is 32.1. The van der Waals surface area contributed by atoms with Crippen molar-refractivity contribution in [3.8, 4) is 6.07 Å². The van der Waals surface area contributed by atoms with Gasteiger partial charge in [-0.25, -0.2) is 0 Å². The van der Waals surface area contributed by atoms with Gasteiger partial charge < -0.3 is 5.32 Å². The first-order valence-corrected chi connectivity index (χ1v) is 7.33. The Hall–Kier alpha value is -1.60. The number of carbonyl (C=O) groups is 1. The first-order chi connectivity index (χ1) is 9.01. The van der Waals surface area contributed by atoms with Crippen molar-refractivity contribution >= 4 is 22.2 Å². The fraction of sp³-hybridized carbons (Fsp3) is 0.467. The zero-order valence-corrected chi connectivity index (χ0v) is 12.4. The molecule has 19 heavy (non-hydrogen) atoms. The van der Waals surface area contributed by atoms with Gasteiger partial charge in [0, 0.05) is 11.0 Å². The van der Waals surface area contributed by atoms with Crippen LogP contribution in [0.25, 0.3) is 0 Å². The molecule has 2 rings (SSSR count). The van der Waals surface area contributed by atoms with Crippen LogP contribution in [0.1, 0.15) is 43.2 Å². The number of fused-ring (bicyclic) bond motifs is 1. The molecule has 1 atom stereocenters. The van der Waals surface area contributed by atoms with Crippen molar-refractivity contribution in [3.05, 3.63) is 27.7 Å². The van der Waals surface area contributed by atoms with Crippen LogP contribution in [0.15, 0.2) is 11.6 Å². The van der Waals surface area contributed by atoms with E-state index in [1.165, 1.54) is 4.88 Å². The molecule has 1 aliphatic carbocycles. The number of amides is 1. The Morgan fingerprint density at radius 2 is 2.26 bits per heavy atom. The molecule has 0 aromatic carbocycles. The molecule has 0 fully saturated rings. The van der Waals surface area contributed by atoms with Crippen molar-refractivity contribution in [2.24, 2.45) is 5.92 Å². The highest BCUT2D eigenvalue weighted by Gasteiger charge is 2.24. The van der Waals surface area contributed by atoms with Gasteiger partial charge in [-0.2, -0.15) is 5.26 Å². The Bertz CT molecular complexity index is 574. The summed E-state index contributed by atoms with van der Waals surface area (Å²) >= 11 is 1.56. The minimum Gasteiger partial charge on any atom is -0.313 e. The number of nitrogens with one attached hydrogen (secondary N) is 1. The predicted octanol–water partition coefficient (Wildman–Crippen LogP) is 3.65. The number of hydrogen-bond acceptors (Lipinski definition) is 3. The molecule has 3 nitrogen and oxygen atoms in total. The van der Waals surface area contributed by atoms with Gasteiger partial charge in [0.1, 0.15) is 11.1 Å². The normalized spacial score (nSPS) is 17.3. The van der Waals surface area contributed by atoms with Crippen LogP contribution in [0.3, 0.4) is 0 Å². The number of carbonyl (C=O) groups excluding carboxylic acids is 1. The van der Waals surface area contributed by atoms with Crippen molar-refractivity contribution in [1.82, 2.24) is 0 Å². The summed E-state index contributed by atoms with van der Waals surface area (Å²) in [7, 11) is 0. The Balaban J connectivity index is 2.30. The fourth-order valence-corrected chi connectivity index (χ4v) is 3.73. The molecule has 0 saturated heterocycles. The monoisotopic (exact) mass is 274 g/mol. The van der Waals surface area contributed by atoms with Gasteiger partial charge in [0.2, 0.25) is 5.91 Å². The van der Waals surface area contributed by atoms with Crippen LogP contribution in [0.2, 0.25) is 0 Å². The minimum absolute atomic E-state index is 0.150. The summed E-state index contributed by atoms with van der Waals surface area (Å²) in [5.41, 5.74) is 2.77. The number of nitrogens with zero attached hydrogens (tertiary/aromatic N) is 1. The zero-order chi connectivity index (χ0) is 14.0. The van der Waals surface area contributed by atoms with Gasteiger partial charge in [0.15, 0.2) is 0 Å². The Kier molecular flexibility index (Phi) is 4.06. The van der Waals surface area contributed by atoms with E-state index in [-0.39, 0.29) is 5.91 Å². The standard InChI is InChI=1S/C15H18N2OS/c1-9(2)6-14(18)17-15-12(8-16)11-5-4-10(3)7-13(11)19-15/h6,10H,4-5,7H2,1-3H3,(H,17,18)/t10-/m1/s1. The third-order valence-electron chi connectivity index (χ3n) is 3.28. The molecule has 4 heteroatoms. The molecule has 0 radical (unpaired) electrons. The van der Waals surface area contributed by atoms with Crippen LogP contribution in [-0.4, -0.2) is 5.91 Å². The molecule has 0 saturated carbocycles. The maximum atomic E-state index is 11.8. The van der Waals surface area contributed by atoms with Crippen molar-refractivity contribution in [1.29, 1.82) is 5.26 Å². The summed E-state index contributed by atoms with van der Waals surface area (Å²) in [5.74, 6) is 0.516. The van der Waals surface area contributed by atoms with Crippen LogP contribution < -0.4 is 5.32 Å².